The first-order valence-electron chi connectivity index (χ1n) is 11.4. The Morgan fingerprint density at radius 2 is 1.81 bits per heavy atom. The molecule has 0 amide bonds. The fraction of sp³-hybridized carbons (Fsp3) is 0.625. The van der Waals surface area contributed by atoms with Gasteiger partial charge in [0.15, 0.2) is 0 Å². The van der Waals surface area contributed by atoms with Crippen LogP contribution < -0.4 is 10.7 Å². The number of hydrazine groups is 1. The van der Waals surface area contributed by atoms with Crippen molar-refractivity contribution in [3.63, 3.8) is 0 Å². The number of nitrogens with one attached hydrogen (secondary N) is 2. The second-order valence-electron chi connectivity index (χ2n) is 8.53. The van der Waals surface area contributed by atoms with Crippen LogP contribution >= 0.6 is 0 Å². The average Bonchev–Trinajstić information content (AvgIpc) is 2.71. The van der Waals surface area contributed by atoms with Crippen molar-refractivity contribution >= 4 is 18.3 Å². The Labute approximate surface area is 188 Å². The van der Waals surface area contributed by atoms with Crippen LogP contribution in [0.4, 0.5) is 0 Å². The van der Waals surface area contributed by atoms with Gasteiger partial charge in [-0.3, -0.25) is 4.79 Å². The first kappa shape index (κ1) is 26.6. The zero-order valence-corrected chi connectivity index (χ0v) is 19.9. The van der Waals surface area contributed by atoms with E-state index < -0.39 is 5.97 Å². The first-order chi connectivity index (χ1) is 14.7. The van der Waals surface area contributed by atoms with E-state index in [1.165, 1.54) is 44.1 Å². The van der Waals surface area contributed by atoms with Gasteiger partial charge < -0.3 is 10.4 Å². The molecule has 0 aliphatic carbocycles. The van der Waals surface area contributed by atoms with Gasteiger partial charge in [-0.05, 0) is 32.8 Å². The fourth-order valence-electron chi connectivity index (χ4n) is 3.12. The number of rotatable bonds is 11. The Bertz CT molecular complexity index is 684. The molecule has 2 rings (SSSR count). The van der Waals surface area contributed by atoms with Gasteiger partial charge in [0.1, 0.15) is 12.0 Å². The molecule has 0 saturated carbocycles. The van der Waals surface area contributed by atoms with Crippen LogP contribution in [-0.2, 0) is 11.3 Å². The molecule has 1 aliphatic rings. The molecule has 0 saturated heterocycles. The normalized spacial score (nSPS) is 16.9. The number of carboxylic acids is 1. The highest BCUT2D eigenvalue weighted by Gasteiger charge is 2.26. The Kier molecular flexibility index (Phi) is 12.5. The quantitative estimate of drug-likeness (QED) is 0.432. The lowest BCUT2D eigenvalue weighted by molar-refractivity contribution is -0.134. The van der Waals surface area contributed by atoms with E-state index in [1.807, 2.05) is 29.5 Å². The molecule has 1 aromatic rings. The third-order valence-electron chi connectivity index (χ3n) is 4.75. The number of aliphatic carboxylic acids is 1. The molecule has 0 aromatic heterocycles. The van der Waals surface area contributed by atoms with Gasteiger partial charge in [-0.25, -0.2) is 20.4 Å². The van der Waals surface area contributed by atoms with Crippen LogP contribution in [0.15, 0.2) is 40.3 Å². The Morgan fingerprint density at radius 1 is 1.19 bits per heavy atom. The van der Waals surface area contributed by atoms with Gasteiger partial charge in [0.25, 0.3) is 5.97 Å². The predicted molar refractivity (Wildman–Crippen MR) is 129 cm³/mol. The second-order valence-corrected chi connectivity index (χ2v) is 8.53. The minimum absolute atomic E-state index is 0.337. The summed E-state index contributed by atoms with van der Waals surface area (Å²) in [5.41, 5.74) is 4.40. The van der Waals surface area contributed by atoms with Gasteiger partial charge in [-0.15, -0.1) is 0 Å². The molecule has 1 atom stereocenters. The highest BCUT2D eigenvalue weighted by molar-refractivity contribution is 5.92. The fourth-order valence-corrected chi connectivity index (χ4v) is 3.12. The summed E-state index contributed by atoms with van der Waals surface area (Å²) in [4.78, 5) is 18.4. The van der Waals surface area contributed by atoms with Crippen LogP contribution in [0.5, 0.6) is 0 Å². The minimum atomic E-state index is -0.833. The lowest BCUT2D eigenvalue weighted by atomic mass is 10.1. The summed E-state index contributed by atoms with van der Waals surface area (Å²) < 4.78 is 0. The molecule has 7 nitrogen and oxygen atoms in total. The molecule has 1 aromatic carbocycles. The van der Waals surface area contributed by atoms with Crippen LogP contribution in [0.1, 0.15) is 85.1 Å². The number of hydrogen-bond donors (Lipinski definition) is 3. The molecule has 174 valence electrons. The van der Waals surface area contributed by atoms with Crippen LogP contribution in [0.3, 0.4) is 0 Å². The van der Waals surface area contributed by atoms with E-state index >= 15 is 0 Å². The number of hydrogen-bond acceptors (Lipinski definition) is 4. The van der Waals surface area contributed by atoms with Crippen LogP contribution in [-0.4, -0.2) is 40.1 Å². The number of guanidine groups is 1. The van der Waals surface area contributed by atoms with Gasteiger partial charge in [-0.1, -0.05) is 75.8 Å². The number of benzene rings is 1. The highest BCUT2D eigenvalue weighted by Crippen LogP contribution is 2.12. The van der Waals surface area contributed by atoms with Gasteiger partial charge in [-0.2, -0.15) is 0 Å². The van der Waals surface area contributed by atoms with E-state index in [4.69, 9.17) is 14.9 Å². The van der Waals surface area contributed by atoms with E-state index in [1.54, 1.807) is 0 Å². The van der Waals surface area contributed by atoms with Crippen LogP contribution in [0.2, 0.25) is 0 Å². The summed E-state index contributed by atoms with van der Waals surface area (Å²) in [7, 11) is 0. The standard InChI is InChI=1S/C22H37N5.C2H4O2/c1-5-6-7-8-9-11-14-19(2)26-27-18-24-22(3,4)25-21(27)23-17-20-15-12-10-13-16-20;1-2(3)4/h10,12-13,15-16,18-19,26H,5-9,11,14,17H2,1-4H3,(H,23,25);1H3,(H,3,4). The molecule has 0 bridgehead atoms. The number of carboxylic acid groups (broad SMARTS) is 1. The maximum Gasteiger partial charge on any atom is 0.300 e. The number of aliphatic imine (C=N–C) groups is 2. The number of carbonyl (C=O) groups is 1. The van der Waals surface area contributed by atoms with Crippen LogP contribution in [0, 0.1) is 0 Å². The van der Waals surface area contributed by atoms with Crippen molar-refractivity contribution in [2.45, 2.75) is 97.8 Å². The molecule has 0 radical (unpaired) electrons. The molecular weight excluding hydrogens is 390 g/mol. The summed E-state index contributed by atoms with van der Waals surface area (Å²) in [5, 5.41) is 12.8. The topological polar surface area (TPSA) is 89.3 Å². The molecule has 1 unspecified atom stereocenters. The smallest absolute Gasteiger partial charge is 0.300 e. The van der Waals surface area contributed by atoms with Crippen molar-refractivity contribution in [2.24, 2.45) is 9.98 Å². The Hall–Kier alpha value is -2.41. The van der Waals surface area contributed by atoms with E-state index in [0.29, 0.717) is 12.6 Å². The van der Waals surface area contributed by atoms with E-state index in [-0.39, 0.29) is 5.66 Å². The van der Waals surface area contributed by atoms with E-state index in [9.17, 15) is 0 Å². The van der Waals surface area contributed by atoms with E-state index in [2.05, 4.69) is 55.6 Å². The van der Waals surface area contributed by atoms with Crippen molar-refractivity contribution in [3.05, 3.63) is 35.9 Å². The molecule has 1 heterocycles. The van der Waals surface area contributed by atoms with E-state index in [0.717, 1.165) is 19.3 Å². The number of unbranched alkanes of at least 4 members (excludes halogenated alkanes) is 5. The maximum atomic E-state index is 9.00. The Balaban J connectivity index is 0.00000110. The van der Waals surface area contributed by atoms with Crippen molar-refractivity contribution in [1.82, 2.24) is 15.8 Å². The molecular formula is C24H41N5O2. The van der Waals surface area contributed by atoms with Gasteiger partial charge in [0, 0.05) is 13.0 Å². The summed E-state index contributed by atoms with van der Waals surface area (Å²) in [6, 6.07) is 10.7. The summed E-state index contributed by atoms with van der Waals surface area (Å²) in [6.45, 7) is 10.3. The SMILES string of the molecule is CC(=O)O.CCCCCCCCC(C)NN1C=NC(C)(C)NC1=NCc1ccccc1. The minimum Gasteiger partial charge on any atom is -0.481 e. The lowest BCUT2D eigenvalue weighted by Gasteiger charge is -2.36. The molecule has 31 heavy (non-hydrogen) atoms. The predicted octanol–water partition coefficient (Wildman–Crippen LogP) is 4.95. The average molecular weight is 432 g/mol. The molecule has 0 spiro atoms. The largest absolute Gasteiger partial charge is 0.481 e. The third-order valence-corrected chi connectivity index (χ3v) is 4.75. The maximum absolute atomic E-state index is 9.00. The van der Waals surface area contributed by atoms with Crippen molar-refractivity contribution in [1.29, 1.82) is 0 Å². The van der Waals surface area contributed by atoms with Crippen molar-refractivity contribution < 1.29 is 9.90 Å². The van der Waals surface area contributed by atoms with Crippen LogP contribution in [0.25, 0.3) is 0 Å². The van der Waals surface area contributed by atoms with Gasteiger partial charge >= 0.3 is 0 Å². The third kappa shape index (κ3) is 12.8. The van der Waals surface area contributed by atoms with Gasteiger partial charge in [0.2, 0.25) is 5.96 Å². The summed E-state index contributed by atoms with van der Waals surface area (Å²) >= 11 is 0. The molecule has 1 aliphatic heterocycles. The summed E-state index contributed by atoms with van der Waals surface area (Å²) in [6.07, 6.45) is 11.0. The zero-order valence-electron chi connectivity index (χ0n) is 19.9. The monoisotopic (exact) mass is 431 g/mol. The molecule has 3 N–H and O–H groups in total. The van der Waals surface area contributed by atoms with Gasteiger partial charge in [0.05, 0.1) is 6.54 Å². The first-order valence-corrected chi connectivity index (χ1v) is 11.4. The second kappa shape index (κ2) is 14.6. The molecule has 7 heteroatoms. The zero-order chi connectivity index (χ0) is 23.1. The number of nitrogens with zero attached hydrogens (tertiary/aromatic N) is 3. The lowest BCUT2D eigenvalue weighted by Crippen LogP contribution is -2.59. The van der Waals surface area contributed by atoms with Crippen molar-refractivity contribution in [3.8, 4) is 0 Å². The van der Waals surface area contributed by atoms with Crippen molar-refractivity contribution in [2.75, 3.05) is 0 Å². The highest BCUT2D eigenvalue weighted by atomic mass is 16.4. The summed E-state index contributed by atoms with van der Waals surface area (Å²) in [5.74, 6) is -0.00588. The molecule has 0 fully saturated rings. The Morgan fingerprint density at radius 3 is 2.45 bits per heavy atom.